The fourth-order valence-corrected chi connectivity index (χ4v) is 1.79. The number of hydrogen-bond acceptors (Lipinski definition) is 2. The van der Waals surface area contributed by atoms with Crippen LogP contribution in [0.25, 0.3) is 5.69 Å². The van der Waals surface area contributed by atoms with Crippen LogP contribution in [0.1, 0.15) is 5.69 Å². The first-order chi connectivity index (χ1) is 8.81. The Morgan fingerprint density at radius 1 is 1.28 bits per heavy atom. The summed E-state index contributed by atoms with van der Waals surface area (Å²) in [6.07, 6.45) is 2.48. The number of halogens is 1. The van der Waals surface area contributed by atoms with Crippen molar-refractivity contribution in [2.45, 2.75) is 6.42 Å². The highest BCUT2D eigenvalue weighted by molar-refractivity contribution is 6.27. The van der Waals surface area contributed by atoms with Gasteiger partial charge in [0.2, 0.25) is 5.91 Å². The van der Waals surface area contributed by atoms with Crippen LogP contribution in [0.2, 0.25) is 0 Å². The van der Waals surface area contributed by atoms with E-state index in [-0.39, 0.29) is 11.8 Å². The van der Waals surface area contributed by atoms with Crippen molar-refractivity contribution in [3.63, 3.8) is 0 Å². The van der Waals surface area contributed by atoms with Gasteiger partial charge in [0.1, 0.15) is 5.88 Å². The van der Waals surface area contributed by atoms with Crippen LogP contribution in [0, 0.1) is 0 Å². The van der Waals surface area contributed by atoms with E-state index in [1.54, 1.807) is 6.20 Å². The van der Waals surface area contributed by atoms with E-state index >= 15 is 0 Å². The van der Waals surface area contributed by atoms with Gasteiger partial charge in [-0.1, -0.05) is 18.2 Å². The summed E-state index contributed by atoms with van der Waals surface area (Å²) in [5.41, 5.74) is 2.07. The molecule has 0 spiro atoms. The second kappa shape index (κ2) is 6.21. The standard InChI is InChI=1S/C13H14ClN3O/c14-10-13(18)15-8-6-12-7-9-16-17(12)11-4-2-1-3-5-11/h1-5,7,9H,6,8,10H2,(H,15,18). The molecule has 1 aromatic carbocycles. The van der Waals surface area contributed by atoms with Gasteiger partial charge in [-0.05, 0) is 18.2 Å². The van der Waals surface area contributed by atoms with Crippen molar-refractivity contribution >= 4 is 17.5 Å². The van der Waals surface area contributed by atoms with Gasteiger partial charge in [-0.2, -0.15) is 5.10 Å². The third kappa shape index (κ3) is 3.11. The number of alkyl halides is 1. The summed E-state index contributed by atoms with van der Waals surface area (Å²) in [6, 6.07) is 11.8. The van der Waals surface area contributed by atoms with E-state index in [0.29, 0.717) is 6.54 Å². The largest absolute Gasteiger partial charge is 0.355 e. The first kappa shape index (κ1) is 12.6. The van der Waals surface area contributed by atoms with E-state index in [2.05, 4.69) is 10.4 Å². The summed E-state index contributed by atoms with van der Waals surface area (Å²) in [5, 5.41) is 7.02. The van der Waals surface area contributed by atoms with Crippen LogP contribution < -0.4 is 5.32 Å². The number of hydrogen-bond donors (Lipinski definition) is 1. The predicted octanol–water partition coefficient (Wildman–Crippen LogP) is 1.77. The van der Waals surface area contributed by atoms with E-state index in [9.17, 15) is 4.79 Å². The van der Waals surface area contributed by atoms with Crippen LogP contribution in [0.3, 0.4) is 0 Å². The Kier molecular flexibility index (Phi) is 4.36. The molecule has 1 heterocycles. The minimum atomic E-state index is -0.151. The molecule has 2 aromatic rings. The van der Waals surface area contributed by atoms with Crippen molar-refractivity contribution < 1.29 is 4.79 Å². The molecule has 5 heteroatoms. The average molecular weight is 264 g/mol. The molecule has 0 bridgehead atoms. The van der Waals surface area contributed by atoms with Gasteiger partial charge in [0.15, 0.2) is 0 Å². The lowest BCUT2D eigenvalue weighted by molar-refractivity contribution is -0.118. The number of amides is 1. The molecule has 0 aliphatic heterocycles. The highest BCUT2D eigenvalue weighted by Gasteiger charge is 2.05. The predicted molar refractivity (Wildman–Crippen MR) is 71.0 cm³/mol. The normalized spacial score (nSPS) is 10.3. The molecule has 0 aliphatic carbocycles. The maximum atomic E-state index is 11.0. The van der Waals surface area contributed by atoms with Crippen LogP contribution in [0.15, 0.2) is 42.6 Å². The van der Waals surface area contributed by atoms with Gasteiger partial charge in [0.25, 0.3) is 0 Å². The number of aromatic nitrogens is 2. The van der Waals surface area contributed by atoms with Crippen molar-refractivity contribution in [2.24, 2.45) is 0 Å². The minimum Gasteiger partial charge on any atom is -0.355 e. The molecule has 4 nitrogen and oxygen atoms in total. The number of carbonyl (C=O) groups excluding carboxylic acids is 1. The molecular formula is C13H14ClN3O. The van der Waals surface area contributed by atoms with Crippen molar-refractivity contribution in [3.05, 3.63) is 48.3 Å². The molecular weight excluding hydrogens is 250 g/mol. The molecule has 0 saturated heterocycles. The molecule has 1 aromatic heterocycles. The van der Waals surface area contributed by atoms with Crippen molar-refractivity contribution in [2.75, 3.05) is 12.4 Å². The number of nitrogens with one attached hydrogen (secondary N) is 1. The Balaban J connectivity index is 2.03. The second-order valence-electron chi connectivity index (χ2n) is 3.80. The fourth-order valence-electron chi connectivity index (χ4n) is 1.70. The van der Waals surface area contributed by atoms with Crippen LogP contribution >= 0.6 is 11.6 Å². The zero-order chi connectivity index (χ0) is 12.8. The summed E-state index contributed by atoms with van der Waals surface area (Å²) < 4.78 is 1.87. The highest BCUT2D eigenvalue weighted by Crippen LogP contribution is 2.09. The van der Waals surface area contributed by atoms with Gasteiger partial charge in [0, 0.05) is 24.9 Å². The summed E-state index contributed by atoms with van der Waals surface area (Å²) >= 11 is 5.41. The molecule has 0 unspecified atom stereocenters. The van der Waals surface area contributed by atoms with Crippen LogP contribution in [-0.4, -0.2) is 28.1 Å². The maximum Gasteiger partial charge on any atom is 0.234 e. The average Bonchev–Trinajstić information content (AvgIpc) is 2.88. The second-order valence-corrected chi connectivity index (χ2v) is 4.07. The zero-order valence-electron chi connectivity index (χ0n) is 9.84. The molecule has 18 heavy (non-hydrogen) atoms. The van der Waals surface area contributed by atoms with E-state index in [1.165, 1.54) is 0 Å². The summed E-state index contributed by atoms with van der Waals surface area (Å²) in [4.78, 5) is 11.0. The summed E-state index contributed by atoms with van der Waals surface area (Å²) in [6.45, 7) is 0.560. The zero-order valence-corrected chi connectivity index (χ0v) is 10.6. The Labute approximate surface area is 111 Å². The van der Waals surface area contributed by atoms with E-state index in [4.69, 9.17) is 11.6 Å². The van der Waals surface area contributed by atoms with Gasteiger partial charge >= 0.3 is 0 Å². The number of carbonyl (C=O) groups is 1. The quantitative estimate of drug-likeness (QED) is 0.836. The fraction of sp³-hybridized carbons (Fsp3) is 0.231. The van der Waals surface area contributed by atoms with Crippen LogP contribution in [0.5, 0.6) is 0 Å². The molecule has 1 amide bonds. The van der Waals surface area contributed by atoms with E-state index in [1.807, 2.05) is 41.1 Å². The smallest absolute Gasteiger partial charge is 0.234 e. The van der Waals surface area contributed by atoms with Crippen LogP contribution in [-0.2, 0) is 11.2 Å². The molecule has 2 rings (SSSR count). The maximum absolute atomic E-state index is 11.0. The molecule has 0 radical (unpaired) electrons. The molecule has 1 N–H and O–H groups in total. The summed E-state index contributed by atoms with van der Waals surface area (Å²) in [5.74, 6) is -0.153. The number of benzene rings is 1. The molecule has 0 fully saturated rings. The van der Waals surface area contributed by atoms with Gasteiger partial charge in [-0.25, -0.2) is 4.68 Å². The third-order valence-electron chi connectivity index (χ3n) is 2.55. The Morgan fingerprint density at radius 2 is 2.06 bits per heavy atom. The van der Waals surface area contributed by atoms with Crippen LogP contribution in [0.4, 0.5) is 0 Å². The lowest BCUT2D eigenvalue weighted by Gasteiger charge is -2.07. The van der Waals surface area contributed by atoms with Gasteiger partial charge in [-0.3, -0.25) is 4.79 Å². The first-order valence-electron chi connectivity index (χ1n) is 5.72. The number of rotatable bonds is 5. The van der Waals surface area contributed by atoms with Gasteiger partial charge in [0.05, 0.1) is 5.69 Å². The van der Waals surface area contributed by atoms with E-state index < -0.39 is 0 Å². The lowest BCUT2D eigenvalue weighted by atomic mass is 10.2. The van der Waals surface area contributed by atoms with Gasteiger partial charge in [-0.15, -0.1) is 11.6 Å². The van der Waals surface area contributed by atoms with E-state index in [0.717, 1.165) is 17.8 Å². The van der Waals surface area contributed by atoms with Crippen molar-refractivity contribution in [1.29, 1.82) is 0 Å². The first-order valence-corrected chi connectivity index (χ1v) is 6.25. The van der Waals surface area contributed by atoms with Crippen molar-refractivity contribution in [3.8, 4) is 5.69 Å². The third-order valence-corrected chi connectivity index (χ3v) is 2.79. The molecule has 0 saturated carbocycles. The topological polar surface area (TPSA) is 46.9 Å². The molecule has 0 atom stereocenters. The number of nitrogens with zero attached hydrogens (tertiary/aromatic N) is 2. The summed E-state index contributed by atoms with van der Waals surface area (Å²) in [7, 11) is 0. The van der Waals surface area contributed by atoms with Crippen molar-refractivity contribution in [1.82, 2.24) is 15.1 Å². The lowest BCUT2D eigenvalue weighted by Crippen LogP contribution is -2.27. The monoisotopic (exact) mass is 263 g/mol. The minimum absolute atomic E-state index is 0.00204. The van der Waals surface area contributed by atoms with Gasteiger partial charge < -0.3 is 5.32 Å². The molecule has 0 aliphatic rings. The Bertz CT molecular complexity index is 510. The highest BCUT2D eigenvalue weighted by atomic mass is 35.5. The SMILES string of the molecule is O=C(CCl)NCCc1ccnn1-c1ccccc1. The Hall–Kier alpha value is -1.81. The molecule has 94 valence electrons. The number of para-hydroxylation sites is 1. The Morgan fingerprint density at radius 3 is 2.78 bits per heavy atom.